The van der Waals surface area contributed by atoms with Crippen molar-refractivity contribution in [2.24, 2.45) is 5.73 Å². The van der Waals surface area contributed by atoms with Crippen LogP contribution in [0.1, 0.15) is 12.8 Å². The lowest BCUT2D eigenvalue weighted by atomic mass is 10.1. The molecule has 0 aromatic carbocycles. The Labute approximate surface area is 91.5 Å². The lowest BCUT2D eigenvalue weighted by molar-refractivity contribution is -0.175. The molecule has 1 rings (SSSR count). The van der Waals surface area contributed by atoms with E-state index in [4.69, 9.17) is 5.73 Å². The number of hydrogen-bond acceptors (Lipinski definition) is 3. The first kappa shape index (κ1) is 13.2. The molecule has 1 unspecified atom stereocenters. The van der Waals surface area contributed by atoms with Crippen LogP contribution in [0.2, 0.25) is 0 Å². The van der Waals surface area contributed by atoms with Crippen molar-refractivity contribution in [3.63, 3.8) is 0 Å². The second-order valence-corrected chi connectivity index (χ2v) is 3.81. The van der Waals surface area contributed by atoms with Crippen LogP contribution in [0.3, 0.4) is 0 Å². The van der Waals surface area contributed by atoms with Crippen LogP contribution in [0.15, 0.2) is 0 Å². The summed E-state index contributed by atoms with van der Waals surface area (Å²) in [6.45, 7) is -0.824. The molecule has 1 aliphatic heterocycles. The molecule has 0 bridgehead atoms. The summed E-state index contributed by atoms with van der Waals surface area (Å²) in [7, 11) is 0. The van der Waals surface area contributed by atoms with Gasteiger partial charge in [-0.3, -0.25) is 4.79 Å². The molecule has 1 atom stereocenters. The van der Waals surface area contributed by atoms with Crippen LogP contribution >= 0.6 is 0 Å². The molecule has 0 aliphatic carbocycles. The molecule has 94 valence electrons. The van der Waals surface area contributed by atoms with Gasteiger partial charge < -0.3 is 15.4 Å². The van der Waals surface area contributed by atoms with Crippen molar-refractivity contribution < 1.29 is 22.7 Å². The van der Waals surface area contributed by atoms with Gasteiger partial charge in [-0.25, -0.2) is 0 Å². The van der Waals surface area contributed by atoms with E-state index in [2.05, 4.69) is 4.74 Å². The van der Waals surface area contributed by atoms with Crippen LogP contribution in [0.5, 0.6) is 0 Å². The van der Waals surface area contributed by atoms with Crippen molar-refractivity contribution in [1.29, 1.82) is 0 Å². The third kappa shape index (κ3) is 4.80. The first-order valence-electron chi connectivity index (χ1n) is 5.06. The number of carbonyl (C=O) groups excluding carboxylic acids is 1. The predicted molar refractivity (Wildman–Crippen MR) is 50.7 cm³/mol. The maximum absolute atomic E-state index is 11.7. The molecule has 0 radical (unpaired) electrons. The van der Waals surface area contributed by atoms with E-state index in [0.717, 1.165) is 0 Å². The zero-order valence-electron chi connectivity index (χ0n) is 8.79. The SMILES string of the molecule is NC1CCC(=O)N(CCOCC(F)(F)F)C1. The van der Waals surface area contributed by atoms with Gasteiger partial charge in [-0.15, -0.1) is 0 Å². The molecule has 0 spiro atoms. The first-order valence-corrected chi connectivity index (χ1v) is 5.06. The molecule has 1 amide bonds. The van der Waals surface area contributed by atoms with Crippen molar-refractivity contribution in [3.05, 3.63) is 0 Å². The Bertz CT molecular complexity index is 245. The average molecular weight is 240 g/mol. The number of nitrogens with zero attached hydrogens (tertiary/aromatic N) is 1. The molecular formula is C9H15F3N2O2. The Hall–Kier alpha value is -0.820. The Morgan fingerprint density at radius 2 is 2.19 bits per heavy atom. The molecule has 1 saturated heterocycles. The van der Waals surface area contributed by atoms with Gasteiger partial charge in [0, 0.05) is 25.6 Å². The summed E-state index contributed by atoms with van der Waals surface area (Å²) in [4.78, 5) is 12.8. The molecule has 2 N–H and O–H groups in total. The number of piperidine rings is 1. The van der Waals surface area contributed by atoms with Gasteiger partial charge in [0.2, 0.25) is 5.91 Å². The summed E-state index contributed by atoms with van der Waals surface area (Å²) in [6.07, 6.45) is -3.32. The number of amides is 1. The Balaban J connectivity index is 2.19. The van der Waals surface area contributed by atoms with Gasteiger partial charge in [-0.1, -0.05) is 0 Å². The highest BCUT2D eigenvalue weighted by Crippen LogP contribution is 2.14. The van der Waals surface area contributed by atoms with Crippen molar-refractivity contribution >= 4 is 5.91 Å². The fraction of sp³-hybridized carbons (Fsp3) is 0.889. The fourth-order valence-electron chi connectivity index (χ4n) is 1.52. The third-order valence-electron chi connectivity index (χ3n) is 2.31. The smallest absolute Gasteiger partial charge is 0.370 e. The molecule has 1 fully saturated rings. The largest absolute Gasteiger partial charge is 0.411 e. The van der Waals surface area contributed by atoms with Crippen LogP contribution in [0.25, 0.3) is 0 Å². The van der Waals surface area contributed by atoms with Crippen LogP contribution < -0.4 is 5.73 Å². The molecule has 16 heavy (non-hydrogen) atoms. The highest BCUT2D eigenvalue weighted by atomic mass is 19.4. The topological polar surface area (TPSA) is 55.6 Å². The standard InChI is InChI=1S/C9H15F3N2O2/c10-9(11,12)6-16-4-3-14-5-7(13)1-2-8(14)15/h7H,1-6,13H2. The van der Waals surface area contributed by atoms with E-state index in [9.17, 15) is 18.0 Å². The molecule has 0 aromatic heterocycles. The summed E-state index contributed by atoms with van der Waals surface area (Å²) in [5.74, 6) is -0.0719. The van der Waals surface area contributed by atoms with E-state index in [1.807, 2.05) is 0 Å². The first-order chi connectivity index (χ1) is 7.38. The number of nitrogens with two attached hydrogens (primary N) is 1. The van der Waals surface area contributed by atoms with Gasteiger partial charge in [0.15, 0.2) is 0 Å². The second-order valence-electron chi connectivity index (χ2n) is 3.81. The minimum Gasteiger partial charge on any atom is -0.370 e. The van der Waals surface area contributed by atoms with Crippen molar-refractivity contribution in [2.45, 2.75) is 25.1 Å². The summed E-state index contributed by atoms with van der Waals surface area (Å²) in [5, 5.41) is 0. The van der Waals surface area contributed by atoms with Crippen LogP contribution in [-0.2, 0) is 9.53 Å². The van der Waals surface area contributed by atoms with Crippen molar-refractivity contribution in [1.82, 2.24) is 4.90 Å². The number of ether oxygens (including phenoxy) is 1. The quantitative estimate of drug-likeness (QED) is 0.729. The molecule has 1 heterocycles. The minimum absolute atomic E-state index is 0.0719. The van der Waals surface area contributed by atoms with E-state index < -0.39 is 12.8 Å². The van der Waals surface area contributed by atoms with E-state index in [1.54, 1.807) is 0 Å². The molecular weight excluding hydrogens is 225 g/mol. The van der Waals surface area contributed by atoms with Gasteiger partial charge in [0.1, 0.15) is 6.61 Å². The van der Waals surface area contributed by atoms with Crippen molar-refractivity contribution in [3.8, 4) is 0 Å². The highest BCUT2D eigenvalue weighted by molar-refractivity contribution is 5.77. The van der Waals surface area contributed by atoms with Gasteiger partial charge >= 0.3 is 6.18 Å². The third-order valence-corrected chi connectivity index (χ3v) is 2.31. The van der Waals surface area contributed by atoms with Crippen molar-refractivity contribution in [2.75, 3.05) is 26.3 Å². The Morgan fingerprint density at radius 3 is 2.81 bits per heavy atom. The average Bonchev–Trinajstić information content (AvgIpc) is 2.16. The van der Waals surface area contributed by atoms with E-state index in [-0.39, 0.29) is 25.1 Å². The fourth-order valence-corrected chi connectivity index (χ4v) is 1.52. The number of likely N-dealkylation sites (tertiary alicyclic amines) is 1. The van der Waals surface area contributed by atoms with Gasteiger partial charge in [-0.05, 0) is 6.42 Å². The monoisotopic (exact) mass is 240 g/mol. The number of hydrogen-bond donors (Lipinski definition) is 1. The lowest BCUT2D eigenvalue weighted by Crippen LogP contribution is -2.47. The van der Waals surface area contributed by atoms with Crippen LogP contribution in [0.4, 0.5) is 13.2 Å². The van der Waals surface area contributed by atoms with E-state index in [0.29, 0.717) is 19.4 Å². The van der Waals surface area contributed by atoms with Crippen LogP contribution in [-0.4, -0.2) is 49.3 Å². The van der Waals surface area contributed by atoms with Gasteiger partial charge in [0.05, 0.1) is 6.61 Å². The number of carbonyl (C=O) groups is 1. The second kappa shape index (κ2) is 5.49. The van der Waals surface area contributed by atoms with Crippen LogP contribution in [0, 0.1) is 0 Å². The van der Waals surface area contributed by atoms with E-state index >= 15 is 0 Å². The zero-order valence-corrected chi connectivity index (χ0v) is 8.79. The summed E-state index contributed by atoms with van der Waals surface area (Å²) >= 11 is 0. The van der Waals surface area contributed by atoms with Gasteiger partial charge in [0.25, 0.3) is 0 Å². The minimum atomic E-state index is -4.32. The normalized spacial score (nSPS) is 22.6. The molecule has 1 aliphatic rings. The maximum Gasteiger partial charge on any atom is 0.411 e. The Kier molecular flexibility index (Phi) is 4.55. The number of alkyl halides is 3. The Morgan fingerprint density at radius 1 is 1.50 bits per heavy atom. The molecule has 0 saturated carbocycles. The summed E-state index contributed by atoms with van der Waals surface area (Å²) in [5.41, 5.74) is 5.65. The maximum atomic E-state index is 11.7. The zero-order chi connectivity index (χ0) is 12.2. The number of rotatable bonds is 4. The summed E-state index contributed by atoms with van der Waals surface area (Å²) < 4.78 is 39.6. The molecule has 4 nitrogen and oxygen atoms in total. The molecule has 0 aromatic rings. The lowest BCUT2D eigenvalue weighted by Gasteiger charge is -2.30. The van der Waals surface area contributed by atoms with Gasteiger partial charge in [-0.2, -0.15) is 13.2 Å². The number of halogens is 3. The molecule has 7 heteroatoms. The van der Waals surface area contributed by atoms with E-state index in [1.165, 1.54) is 4.90 Å². The summed E-state index contributed by atoms with van der Waals surface area (Å²) in [6, 6.07) is -0.0830. The predicted octanol–water partition coefficient (Wildman–Crippen LogP) is 0.515. The highest BCUT2D eigenvalue weighted by Gasteiger charge is 2.28.